The quantitative estimate of drug-likeness (QED) is 0.516. The summed E-state index contributed by atoms with van der Waals surface area (Å²) in [6, 6.07) is 9.31. The van der Waals surface area contributed by atoms with Crippen molar-refractivity contribution in [3.8, 4) is 11.5 Å². The van der Waals surface area contributed by atoms with E-state index in [4.69, 9.17) is 4.74 Å². The fraction of sp³-hybridized carbons (Fsp3) is 0.273. The topological polar surface area (TPSA) is 76.4 Å². The molecule has 3 rings (SSSR count). The van der Waals surface area contributed by atoms with E-state index in [-0.39, 0.29) is 29.8 Å². The number of aryl methyl sites for hydroxylation is 1. The van der Waals surface area contributed by atoms with E-state index in [9.17, 15) is 23.1 Å². The van der Waals surface area contributed by atoms with Gasteiger partial charge in [-0.3, -0.25) is 4.79 Å². The van der Waals surface area contributed by atoms with Gasteiger partial charge in [-0.2, -0.15) is 18.3 Å². The second-order valence-corrected chi connectivity index (χ2v) is 7.37. The Balaban J connectivity index is 1.67. The number of benzene rings is 2. The molecule has 31 heavy (non-hydrogen) atoms. The Labute approximate surface area is 177 Å². The number of aromatic hydroxyl groups is 1. The highest BCUT2D eigenvalue weighted by Crippen LogP contribution is 2.32. The highest BCUT2D eigenvalue weighted by atomic mass is 19.4. The van der Waals surface area contributed by atoms with Crippen molar-refractivity contribution in [2.45, 2.75) is 39.6 Å². The predicted octanol–water partition coefficient (Wildman–Crippen LogP) is 5.33. The first kappa shape index (κ1) is 22.2. The fourth-order valence-electron chi connectivity index (χ4n) is 2.95. The molecule has 1 aromatic heterocycles. The number of ether oxygens (including phenoxy) is 1. The van der Waals surface area contributed by atoms with Crippen molar-refractivity contribution in [2.24, 2.45) is 0 Å². The molecule has 0 unspecified atom stereocenters. The Kier molecular flexibility index (Phi) is 6.24. The van der Waals surface area contributed by atoms with Crippen LogP contribution in [0.4, 0.5) is 18.9 Å². The third kappa shape index (κ3) is 5.36. The van der Waals surface area contributed by atoms with Gasteiger partial charge in [0.25, 0.3) is 5.91 Å². The summed E-state index contributed by atoms with van der Waals surface area (Å²) in [6.45, 7) is 5.47. The molecule has 2 aromatic carbocycles. The van der Waals surface area contributed by atoms with E-state index >= 15 is 0 Å². The van der Waals surface area contributed by atoms with Gasteiger partial charge in [-0.25, -0.2) is 4.68 Å². The molecule has 164 valence electrons. The molecule has 0 saturated carbocycles. The van der Waals surface area contributed by atoms with Gasteiger partial charge in [0.2, 0.25) is 0 Å². The molecule has 0 bridgehead atoms. The average molecular weight is 433 g/mol. The van der Waals surface area contributed by atoms with Crippen molar-refractivity contribution in [1.82, 2.24) is 9.78 Å². The lowest BCUT2D eigenvalue weighted by Crippen LogP contribution is -2.15. The first-order valence-electron chi connectivity index (χ1n) is 9.53. The Morgan fingerprint density at radius 3 is 2.65 bits per heavy atom. The molecule has 3 aromatic rings. The number of nitrogens with zero attached hydrogens (tertiary/aromatic N) is 2. The summed E-state index contributed by atoms with van der Waals surface area (Å²) in [6.07, 6.45) is -2.97. The number of alkyl halides is 3. The number of anilines is 1. The smallest absolute Gasteiger partial charge is 0.416 e. The molecule has 0 aliphatic heterocycles. The maximum atomic E-state index is 12.8. The van der Waals surface area contributed by atoms with Crippen molar-refractivity contribution in [1.29, 1.82) is 0 Å². The number of rotatable bonds is 6. The zero-order chi connectivity index (χ0) is 22.8. The highest BCUT2D eigenvalue weighted by Gasteiger charge is 2.30. The van der Waals surface area contributed by atoms with Crippen LogP contribution in [0.1, 0.15) is 46.9 Å². The van der Waals surface area contributed by atoms with Crippen molar-refractivity contribution in [3.63, 3.8) is 0 Å². The van der Waals surface area contributed by atoms with Gasteiger partial charge in [0.15, 0.2) is 12.4 Å². The van der Waals surface area contributed by atoms with Gasteiger partial charge >= 0.3 is 6.18 Å². The first-order chi connectivity index (χ1) is 14.5. The molecule has 0 aliphatic rings. The molecule has 0 spiro atoms. The van der Waals surface area contributed by atoms with Crippen molar-refractivity contribution < 1.29 is 27.8 Å². The zero-order valence-corrected chi connectivity index (χ0v) is 17.2. The summed E-state index contributed by atoms with van der Waals surface area (Å²) in [5, 5.41) is 16.9. The lowest BCUT2D eigenvalue weighted by Gasteiger charge is -2.14. The van der Waals surface area contributed by atoms with Gasteiger partial charge in [-0.15, -0.1) is 0 Å². The van der Waals surface area contributed by atoms with Crippen LogP contribution >= 0.6 is 0 Å². The summed E-state index contributed by atoms with van der Waals surface area (Å²) in [4.78, 5) is 12.6. The van der Waals surface area contributed by atoms with Gasteiger partial charge < -0.3 is 15.2 Å². The van der Waals surface area contributed by atoms with E-state index in [1.54, 1.807) is 19.1 Å². The predicted molar refractivity (Wildman–Crippen MR) is 109 cm³/mol. The molecule has 0 aliphatic carbocycles. The van der Waals surface area contributed by atoms with E-state index in [1.807, 2.05) is 13.8 Å². The molecule has 1 amide bonds. The third-order valence-electron chi connectivity index (χ3n) is 4.64. The van der Waals surface area contributed by atoms with Crippen LogP contribution in [-0.2, 0) is 12.9 Å². The van der Waals surface area contributed by atoms with E-state index in [0.717, 1.165) is 12.1 Å². The maximum absolute atomic E-state index is 12.8. The molecule has 0 saturated heterocycles. The summed E-state index contributed by atoms with van der Waals surface area (Å²) >= 11 is 0. The largest absolute Gasteiger partial charge is 0.508 e. The van der Waals surface area contributed by atoms with Gasteiger partial charge in [0.05, 0.1) is 5.56 Å². The summed E-state index contributed by atoms with van der Waals surface area (Å²) in [5.41, 5.74) is 1.27. The fourth-order valence-corrected chi connectivity index (χ4v) is 2.95. The Morgan fingerprint density at radius 1 is 1.23 bits per heavy atom. The van der Waals surface area contributed by atoms with Gasteiger partial charge in [-0.05, 0) is 60.4 Å². The number of amides is 1. The number of carbonyl (C=O) groups excluding carboxylic acids is 1. The monoisotopic (exact) mass is 433 g/mol. The Bertz CT molecular complexity index is 1090. The van der Waals surface area contributed by atoms with E-state index in [0.29, 0.717) is 16.8 Å². The van der Waals surface area contributed by atoms with Crippen molar-refractivity contribution in [2.75, 3.05) is 5.32 Å². The molecule has 1 heterocycles. The van der Waals surface area contributed by atoms with Gasteiger partial charge in [-0.1, -0.05) is 19.9 Å². The summed E-state index contributed by atoms with van der Waals surface area (Å²) < 4.78 is 45.0. The summed E-state index contributed by atoms with van der Waals surface area (Å²) in [5.74, 6) is -0.177. The van der Waals surface area contributed by atoms with Crippen LogP contribution in [0.25, 0.3) is 0 Å². The first-order valence-corrected chi connectivity index (χ1v) is 9.53. The number of halogens is 3. The molecule has 0 fully saturated rings. The minimum atomic E-state index is -4.46. The van der Waals surface area contributed by atoms with Crippen LogP contribution in [-0.4, -0.2) is 20.8 Å². The van der Waals surface area contributed by atoms with Gasteiger partial charge in [0.1, 0.15) is 11.5 Å². The zero-order valence-electron chi connectivity index (χ0n) is 17.2. The van der Waals surface area contributed by atoms with E-state index < -0.39 is 17.6 Å². The molecular formula is C22H22F3N3O3. The lowest BCUT2D eigenvalue weighted by atomic mass is 9.99. The van der Waals surface area contributed by atoms with E-state index in [2.05, 4.69) is 10.4 Å². The Hall–Kier alpha value is -3.49. The second-order valence-electron chi connectivity index (χ2n) is 7.37. The van der Waals surface area contributed by atoms with Crippen LogP contribution in [0, 0.1) is 6.92 Å². The number of nitrogens with one attached hydrogen (secondary N) is 1. The van der Waals surface area contributed by atoms with E-state index in [1.165, 1.54) is 29.1 Å². The van der Waals surface area contributed by atoms with Crippen molar-refractivity contribution >= 4 is 11.6 Å². The number of carbonyl (C=O) groups is 1. The number of phenols is 1. The van der Waals surface area contributed by atoms with Crippen LogP contribution in [0.5, 0.6) is 11.5 Å². The molecular weight excluding hydrogens is 411 g/mol. The highest BCUT2D eigenvalue weighted by molar-refractivity contribution is 6.03. The normalized spacial score (nSPS) is 11.6. The minimum Gasteiger partial charge on any atom is -0.508 e. The SMILES string of the molecule is Cc1cc(O)c(C(C)C)cc1NC(=O)c1ccn(COc2cccc(C(F)(F)F)c2)n1. The van der Waals surface area contributed by atoms with Crippen LogP contribution in [0.2, 0.25) is 0 Å². The maximum Gasteiger partial charge on any atom is 0.416 e. The standard InChI is InChI=1S/C22H22F3N3O3/c1-13(2)17-11-19(14(3)9-20(17)29)26-21(30)18-7-8-28(27-18)12-31-16-6-4-5-15(10-16)22(23,24)25/h4-11,13,29H,12H2,1-3H3,(H,26,30). The van der Waals surface area contributed by atoms with Crippen LogP contribution < -0.4 is 10.1 Å². The average Bonchev–Trinajstić information content (AvgIpc) is 3.17. The number of hydrogen-bond donors (Lipinski definition) is 2. The van der Waals surface area contributed by atoms with Crippen molar-refractivity contribution in [3.05, 3.63) is 71.0 Å². The summed E-state index contributed by atoms with van der Waals surface area (Å²) in [7, 11) is 0. The second kappa shape index (κ2) is 8.71. The van der Waals surface area contributed by atoms with Gasteiger partial charge in [0, 0.05) is 11.9 Å². The minimum absolute atomic E-state index is 0.0391. The molecule has 2 N–H and O–H groups in total. The molecule has 9 heteroatoms. The van der Waals surface area contributed by atoms with Crippen LogP contribution in [0.15, 0.2) is 48.7 Å². The number of aromatic nitrogens is 2. The molecule has 0 atom stereocenters. The Morgan fingerprint density at radius 2 is 1.97 bits per heavy atom. The molecule has 6 nitrogen and oxygen atoms in total. The number of hydrogen-bond acceptors (Lipinski definition) is 4. The van der Waals surface area contributed by atoms with Crippen LogP contribution in [0.3, 0.4) is 0 Å². The lowest BCUT2D eigenvalue weighted by molar-refractivity contribution is -0.137. The third-order valence-corrected chi connectivity index (χ3v) is 4.64. The molecule has 0 radical (unpaired) electrons. The number of phenolic OH excluding ortho intramolecular Hbond substituents is 1.